The Morgan fingerprint density at radius 2 is 1.63 bits per heavy atom. The van der Waals surface area contributed by atoms with E-state index in [1.54, 1.807) is 0 Å². The van der Waals surface area contributed by atoms with Crippen molar-refractivity contribution in [2.24, 2.45) is 7.05 Å². The summed E-state index contributed by atoms with van der Waals surface area (Å²) >= 11 is 0. The van der Waals surface area contributed by atoms with Crippen LogP contribution in [0.25, 0.3) is 53.8 Å². The average molecular weight is 388 g/mol. The zero-order valence-electron chi connectivity index (χ0n) is 17.9. The van der Waals surface area contributed by atoms with E-state index in [4.69, 9.17) is 6.57 Å². The van der Waals surface area contributed by atoms with Gasteiger partial charge in [-0.25, -0.2) is 9.41 Å². The van der Waals surface area contributed by atoms with Gasteiger partial charge in [0.15, 0.2) is 11.9 Å². The molecule has 6 aromatic rings. The molecular weight excluding hydrogens is 366 g/mol. The lowest BCUT2D eigenvalue weighted by Crippen LogP contribution is -2.29. The molecule has 0 unspecified atom stereocenters. The van der Waals surface area contributed by atoms with Gasteiger partial charge in [0.2, 0.25) is 5.52 Å². The molecule has 0 aliphatic heterocycles. The maximum Gasteiger partial charge on any atom is 0.224 e. The minimum Gasteiger partial charge on any atom is -0.309 e. The Morgan fingerprint density at radius 1 is 0.833 bits per heavy atom. The highest BCUT2D eigenvalue weighted by atomic mass is 15.0. The first-order valence-electron chi connectivity index (χ1n) is 10.3. The number of nitrogens with zero attached hydrogens (tertiary/aromatic N) is 3. The fraction of sp³-hybridized carbons (Fsp3) is 0.185. The maximum absolute atomic E-state index is 7.93. The number of rotatable bonds is 0. The van der Waals surface area contributed by atoms with Crippen molar-refractivity contribution in [3.8, 4) is 0 Å². The monoisotopic (exact) mass is 388 g/mol. The maximum atomic E-state index is 7.93. The molecule has 0 amide bonds. The molecule has 0 saturated heterocycles. The summed E-state index contributed by atoms with van der Waals surface area (Å²) in [5, 5.41) is 5.97. The minimum atomic E-state index is 0.736. The standard InChI is InChI=1S/C27H22N3/c1-14-8-7-9-20-21(14)24-19(28-5)13-18-10-11-29(6)26-22-17(4)15(2)12-16(3)25(22)30(20)27(24)23(18)26/h7-13H,1-4,6H3/q+1. The Hall–Kier alpha value is -3.64. The quantitative estimate of drug-likeness (QED) is 0.120. The van der Waals surface area contributed by atoms with E-state index in [1.165, 1.54) is 60.5 Å². The number of hydrogen-bond donors (Lipinski definition) is 0. The predicted molar refractivity (Wildman–Crippen MR) is 125 cm³/mol. The fourth-order valence-corrected chi connectivity index (χ4v) is 5.53. The van der Waals surface area contributed by atoms with E-state index in [-0.39, 0.29) is 0 Å². The predicted octanol–water partition coefficient (Wildman–Crippen LogP) is 6.60. The number of hydrogen-bond acceptors (Lipinski definition) is 0. The summed E-state index contributed by atoms with van der Waals surface area (Å²) in [6.07, 6.45) is 2.13. The molecule has 0 spiro atoms. The summed E-state index contributed by atoms with van der Waals surface area (Å²) in [6.45, 7) is 16.7. The van der Waals surface area contributed by atoms with Crippen LogP contribution in [0.15, 0.2) is 42.6 Å². The Kier molecular flexibility index (Phi) is 3.15. The van der Waals surface area contributed by atoms with Gasteiger partial charge in [0.05, 0.1) is 33.9 Å². The van der Waals surface area contributed by atoms with Crippen LogP contribution < -0.4 is 4.57 Å². The van der Waals surface area contributed by atoms with Crippen molar-refractivity contribution < 1.29 is 4.57 Å². The zero-order valence-corrected chi connectivity index (χ0v) is 17.9. The molecule has 3 aromatic carbocycles. The number of pyridine rings is 2. The average Bonchev–Trinajstić information content (AvgIpc) is 3.08. The highest BCUT2D eigenvalue weighted by Crippen LogP contribution is 2.46. The van der Waals surface area contributed by atoms with Crippen molar-refractivity contribution >= 4 is 54.7 Å². The topological polar surface area (TPSA) is 12.7 Å². The first-order valence-corrected chi connectivity index (χ1v) is 10.3. The second-order valence-electron chi connectivity index (χ2n) is 8.63. The van der Waals surface area contributed by atoms with Crippen molar-refractivity contribution in [3.05, 3.63) is 76.3 Å². The molecule has 3 heteroatoms. The molecule has 144 valence electrons. The van der Waals surface area contributed by atoms with Crippen LogP contribution in [0.3, 0.4) is 0 Å². The second-order valence-corrected chi connectivity index (χ2v) is 8.63. The Morgan fingerprint density at radius 3 is 2.40 bits per heavy atom. The van der Waals surface area contributed by atoms with Crippen molar-refractivity contribution in [1.82, 2.24) is 4.40 Å². The van der Waals surface area contributed by atoms with E-state index >= 15 is 0 Å². The first-order chi connectivity index (χ1) is 14.4. The molecule has 0 aliphatic rings. The molecule has 3 heterocycles. The van der Waals surface area contributed by atoms with Crippen LogP contribution in [0.1, 0.15) is 22.3 Å². The summed E-state index contributed by atoms with van der Waals surface area (Å²) in [4.78, 5) is 3.97. The van der Waals surface area contributed by atoms with Gasteiger partial charge in [-0.15, -0.1) is 0 Å². The zero-order chi connectivity index (χ0) is 20.9. The van der Waals surface area contributed by atoms with Crippen molar-refractivity contribution in [1.29, 1.82) is 0 Å². The van der Waals surface area contributed by atoms with Gasteiger partial charge in [0, 0.05) is 16.8 Å². The van der Waals surface area contributed by atoms with Crippen LogP contribution in [0.4, 0.5) is 5.69 Å². The van der Waals surface area contributed by atoms with Crippen LogP contribution in [0.2, 0.25) is 0 Å². The van der Waals surface area contributed by atoms with Crippen LogP contribution in [-0.2, 0) is 7.05 Å². The lowest BCUT2D eigenvalue weighted by atomic mass is 9.95. The van der Waals surface area contributed by atoms with Gasteiger partial charge in [0.25, 0.3) is 0 Å². The van der Waals surface area contributed by atoms with E-state index in [9.17, 15) is 0 Å². The number of aromatic nitrogens is 2. The van der Waals surface area contributed by atoms with Crippen molar-refractivity contribution in [2.75, 3.05) is 0 Å². The van der Waals surface area contributed by atoms with Gasteiger partial charge >= 0.3 is 0 Å². The third-order valence-corrected chi connectivity index (χ3v) is 6.93. The summed E-state index contributed by atoms with van der Waals surface area (Å²) < 4.78 is 4.68. The van der Waals surface area contributed by atoms with Gasteiger partial charge < -0.3 is 4.40 Å². The number of aryl methyl sites for hydroxylation is 5. The van der Waals surface area contributed by atoms with Gasteiger partial charge in [-0.2, -0.15) is 0 Å². The fourth-order valence-electron chi connectivity index (χ4n) is 5.53. The van der Waals surface area contributed by atoms with E-state index in [0.717, 1.165) is 16.5 Å². The van der Waals surface area contributed by atoms with Crippen LogP contribution >= 0.6 is 0 Å². The van der Waals surface area contributed by atoms with Gasteiger partial charge in [-0.3, -0.25) is 0 Å². The summed E-state index contributed by atoms with van der Waals surface area (Å²) in [6, 6.07) is 13.0. The van der Waals surface area contributed by atoms with E-state index in [0.29, 0.717) is 0 Å². The smallest absolute Gasteiger partial charge is 0.224 e. The van der Waals surface area contributed by atoms with Gasteiger partial charge in [-0.1, -0.05) is 18.2 Å². The SMILES string of the molecule is [C-]#[N+]c1cc2cc[n+](C)c3c4c(C)c(C)cc(C)c4n4c5cccc(C)c5c1c4c23. The molecule has 0 N–H and O–H groups in total. The van der Waals surface area contributed by atoms with Crippen LogP contribution in [0, 0.1) is 34.3 Å². The summed E-state index contributed by atoms with van der Waals surface area (Å²) in [7, 11) is 2.13. The first kappa shape index (κ1) is 17.2. The molecule has 0 bridgehead atoms. The Bertz CT molecular complexity index is 1740. The molecular formula is C27H22N3+. The van der Waals surface area contributed by atoms with Gasteiger partial charge in [0.1, 0.15) is 7.05 Å². The highest BCUT2D eigenvalue weighted by molar-refractivity contribution is 6.31. The molecule has 0 fully saturated rings. The Balaban J connectivity index is 2.20. The minimum absolute atomic E-state index is 0.736. The molecule has 6 rings (SSSR count). The largest absolute Gasteiger partial charge is 0.309 e. The lowest BCUT2D eigenvalue weighted by Gasteiger charge is -2.16. The second kappa shape index (κ2) is 5.49. The van der Waals surface area contributed by atoms with Gasteiger partial charge in [-0.05, 0) is 67.5 Å². The molecule has 0 saturated carbocycles. The van der Waals surface area contributed by atoms with E-state index < -0.39 is 0 Å². The highest BCUT2D eigenvalue weighted by Gasteiger charge is 2.27. The Labute approximate surface area is 174 Å². The van der Waals surface area contributed by atoms with E-state index in [2.05, 4.69) is 91.2 Å². The van der Waals surface area contributed by atoms with Crippen molar-refractivity contribution in [3.63, 3.8) is 0 Å². The number of benzene rings is 3. The third kappa shape index (κ3) is 1.82. The molecule has 0 radical (unpaired) electrons. The molecule has 0 atom stereocenters. The molecule has 3 aromatic heterocycles. The van der Waals surface area contributed by atoms with Crippen LogP contribution in [-0.4, -0.2) is 4.40 Å². The normalized spacial score (nSPS) is 12.1. The molecule has 30 heavy (non-hydrogen) atoms. The third-order valence-electron chi connectivity index (χ3n) is 6.93. The molecule has 0 aliphatic carbocycles. The van der Waals surface area contributed by atoms with Crippen LogP contribution in [0.5, 0.6) is 0 Å². The summed E-state index contributed by atoms with van der Waals surface area (Å²) in [5.74, 6) is 0. The van der Waals surface area contributed by atoms with Crippen molar-refractivity contribution in [2.45, 2.75) is 27.7 Å². The lowest BCUT2D eigenvalue weighted by molar-refractivity contribution is -0.643. The number of fused-ring (bicyclic) bond motifs is 6. The van der Waals surface area contributed by atoms with E-state index in [1.807, 2.05) is 0 Å². The summed E-state index contributed by atoms with van der Waals surface area (Å²) in [5.41, 5.74) is 10.7. The molecule has 3 nitrogen and oxygen atoms in total.